The molecule has 5 nitrogen and oxygen atoms in total. The molecule has 0 aromatic heterocycles. The molecule has 0 aliphatic carbocycles. The van der Waals surface area contributed by atoms with E-state index in [-0.39, 0.29) is 6.54 Å². The van der Waals surface area contributed by atoms with Crippen LogP contribution in [0.15, 0.2) is 48.5 Å². The van der Waals surface area contributed by atoms with Crippen LogP contribution in [0.1, 0.15) is 21.5 Å². The number of anilines is 1. The number of benzene rings is 2. The van der Waals surface area contributed by atoms with Gasteiger partial charge in [0, 0.05) is 17.8 Å². The molecule has 0 radical (unpaired) electrons. The van der Waals surface area contributed by atoms with Crippen molar-refractivity contribution in [1.29, 1.82) is 0 Å². The van der Waals surface area contributed by atoms with Crippen molar-refractivity contribution in [2.75, 3.05) is 11.0 Å². The van der Waals surface area contributed by atoms with Gasteiger partial charge in [0.1, 0.15) is 0 Å². The van der Waals surface area contributed by atoms with Gasteiger partial charge in [-0.1, -0.05) is 12.1 Å². The van der Waals surface area contributed by atoms with E-state index in [1.54, 1.807) is 0 Å². The maximum Gasteiger partial charge on any atom is 0.416 e. The summed E-state index contributed by atoms with van der Waals surface area (Å²) in [6.07, 6.45) is -3.39. The van der Waals surface area contributed by atoms with E-state index >= 15 is 0 Å². The van der Waals surface area contributed by atoms with Crippen molar-refractivity contribution in [1.82, 2.24) is 5.32 Å². The van der Waals surface area contributed by atoms with Crippen LogP contribution in [-0.2, 0) is 22.7 Å². The minimum absolute atomic E-state index is 0.0698. The lowest BCUT2D eigenvalue weighted by atomic mass is 10.1. The van der Waals surface area contributed by atoms with Crippen molar-refractivity contribution in [2.45, 2.75) is 12.7 Å². The molecular formula is C16H15F3N2O3S. The Kier molecular flexibility index (Phi) is 5.36. The number of amides is 1. The Balaban J connectivity index is 1.96. The SMILES string of the molecule is CS(=O)(=O)Nc1ccc(C(=O)NCc2ccc(C(F)(F)F)cc2)cc1. The molecule has 0 aliphatic rings. The Morgan fingerprint density at radius 3 is 2.04 bits per heavy atom. The largest absolute Gasteiger partial charge is 0.416 e. The number of alkyl halides is 3. The second-order valence-electron chi connectivity index (χ2n) is 5.33. The number of carbonyl (C=O) groups excluding carboxylic acids is 1. The second kappa shape index (κ2) is 7.14. The summed E-state index contributed by atoms with van der Waals surface area (Å²) in [6.45, 7) is 0.0698. The van der Waals surface area contributed by atoms with Gasteiger partial charge >= 0.3 is 6.18 Å². The van der Waals surface area contributed by atoms with Crippen LogP contribution in [0.3, 0.4) is 0 Å². The Bertz CT molecular complexity index is 846. The van der Waals surface area contributed by atoms with Gasteiger partial charge in [0.05, 0.1) is 11.8 Å². The van der Waals surface area contributed by atoms with E-state index in [1.807, 2.05) is 0 Å². The molecule has 2 aromatic carbocycles. The van der Waals surface area contributed by atoms with E-state index in [0.29, 0.717) is 16.8 Å². The monoisotopic (exact) mass is 372 g/mol. The summed E-state index contributed by atoms with van der Waals surface area (Å²) < 4.78 is 61.9. The molecule has 0 saturated carbocycles. The molecule has 0 bridgehead atoms. The minimum Gasteiger partial charge on any atom is -0.348 e. The average molecular weight is 372 g/mol. The fourth-order valence-corrected chi connectivity index (χ4v) is 2.56. The van der Waals surface area contributed by atoms with Gasteiger partial charge in [-0.2, -0.15) is 13.2 Å². The predicted molar refractivity (Wildman–Crippen MR) is 87.5 cm³/mol. The summed E-state index contributed by atoms with van der Waals surface area (Å²) in [5.41, 5.74) is 0.390. The van der Waals surface area contributed by atoms with E-state index < -0.39 is 27.7 Å². The third-order valence-corrected chi connectivity index (χ3v) is 3.79. The van der Waals surface area contributed by atoms with E-state index in [4.69, 9.17) is 0 Å². The summed E-state index contributed by atoms with van der Waals surface area (Å²) in [5, 5.41) is 2.58. The van der Waals surface area contributed by atoms with Crippen molar-refractivity contribution in [3.05, 3.63) is 65.2 Å². The molecule has 0 fully saturated rings. The van der Waals surface area contributed by atoms with Gasteiger partial charge in [-0.25, -0.2) is 8.42 Å². The van der Waals surface area contributed by atoms with Gasteiger partial charge < -0.3 is 5.32 Å². The van der Waals surface area contributed by atoms with Crippen molar-refractivity contribution in [3.63, 3.8) is 0 Å². The summed E-state index contributed by atoms with van der Waals surface area (Å²) in [4.78, 5) is 12.0. The number of sulfonamides is 1. The molecular weight excluding hydrogens is 357 g/mol. The molecule has 25 heavy (non-hydrogen) atoms. The smallest absolute Gasteiger partial charge is 0.348 e. The second-order valence-corrected chi connectivity index (χ2v) is 7.08. The van der Waals surface area contributed by atoms with E-state index in [0.717, 1.165) is 18.4 Å². The van der Waals surface area contributed by atoms with Crippen molar-refractivity contribution >= 4 is 21.6 Å². The van der Waals surface area contributed by atoms with Gasteiger partial charge in [-0.15, -0.1) is 0 Å². The van der Waals surface area contributed by atoms with Crippen molar-refractivity contribution < 1.29 is 26.4 Å². The first-order chi connectivity index (χ1) is 11.5. The average Bonchev–Trinajstić information content (AvgIpc) is 2.51. The lowest BCUT2D eigenvalue weighted by Gasteiger charge is -2.09. The molecule has 0 aliphatic heterocycles. The highest BCUT2D eigenvalue weighted by Gasteiger charge is 2.29. The first-order valence-electron chi connectivity index (χ1n) is 7.07. The summed E-state index contributed by atoms with van der Waals surface area (Å²) >= 11 is 0. The summed E-state index contributed by atoms with van der Waals surface area (Å²) in [6, 6.07) is 10.2. The number of carbonyl (C=O) groups is 1. The van der Waals surface area contributed by atoms with Gasteiger partial charge in [0.15, 0.2) is 0 Å². The molecule has 2 N–H and O–H groups in total. The van der Waals surface area contributed by atoms with Crippen LogP contribution in [0.4, 0.5) is 18.9 Å². The van der Waals surface area contributed by atoms with Crippen LogP contribution in [0.25, 0.3) is 0 Å². The molecule has 0 unspecified atom stereocenters. The highest BCUT2D eigenvalue weighted by molar-refractivity contribution is 7.92. The molecule has 2 aromatic rings. The maximum absolute atomic E-state index is 12.5. The normalized spacial score (nSPS) is 11.8. The summed E-state index contributed by atoms with van der Waals surface area (Å²) in [5.74, 6) is -0.425. The number of rotatable bonds is 5. The fourth-order valence-electron chi connectivity index (χ4n) is 2.00. The van der Waals surface area contributed by atoms with E-state index in [9.17, 15) is 26.4 Å². The van der Waals surface area contributed by atoms with Gasteiger partial charge in [-0.3, -0.25) is 9.52 Å². The van der Waals surface area contributed by atoms with Crippen LogP contribution in [0.2, 0.25) is 0 Å². The first-order valence-corrected chi connectivity index (χ1v) is 8.96. The summed E-state index contributed by atoms with van der Waals surface area (Å²) in [7, 11) is -3.40. The van der Waals surface area contributed by atoms with Crippen LogP contribution in [0.5, 0.6) is 0 Å². The molecule has 0 atom stereocenters. The number of halogens is 3. The highest BCUT2D eigenvalue weighted by atomic mass is 32.2. The van der Waals surface area contributed by atoms with Crippen LogP contribution in [-0.4, -0.2) is 20.6 Å². The van der Waals surface area contributed by atoms with Gasteiger partial charge in [-0.05, 0) is 42.0 Å². The zero-order chi connectivity index (χ0) is 18.7. The maximum atomic E-state index is 12.5. The minimum atomic E-state index is -4.40. The van der Waals surface area contributed by atoms with Crippen molar-refractivity contribution in [2.24, 2.45) is 0 Å². The zero-order valence-electron chi connectivity index (χ0n) is 13.1. The third kappa shape index (κ3) is 5.79. The number of nitrogens with one attached hydrogen (secondary N) is 2. The standard InChI is InChI=1S/C16H15F3N2O3S/c1-25(23,24)21-14-8-4-12(5-9-14)15(22)20-10-11-2-6-13(7-3-11)16(17,18)19/h2-9,21H,10H2,1H3,(H,20,22). The Morgan fingerprint density at radius 1 is 1.00 bits per heavy atom. The zero-order valence-corrected chi connectivity index (χ0v) is 13.9. The van der Waals surface area contributed by atoms with Crippen LogP contribution in [0, 0.1) is 0 Å². The first kappa shape index (κ1) is 18.8. The Labute approximate surface area is 142 Å². The van der Waals surface area contributed by atoms with Crippen LogP contribution < -0.4 is 10.0 Å². The molecule has 9 heteroatoms. The van der Waals surface area contributed by atoms with Crippen LogP contribution >= 0.6 is 0 Å². The van der Waals surface area contributed by atoms with E-state index in [1.165, 1.54) is 36.4 Å². The Morgan fingerprint density at radius 2 is 1.56 bits per heavy atom. The third-order valence-electron chi connectivity index (χ3n) is 3.18. The van der Waals surface area contributed by atoms with Gasteiger partial charge in [0.2, 0.25) is 10.0 Å². The fraction of sp³-hybridized carbons (Fsp3) is 0.188. The predicted octanol–water partition coefficient (Wildman–Crippen LogP) is 3.01. The molecule has 1 amide bonds. The van der Waals surface area contributed by atoms with Gasteiger partial charge in [0.25, 0.3) is 5.91 Å². The van der Waals surface area contributed by atoms with Crippen molar-refractivity contribution in [3.8, 4) is 0 Å². The number of hydrogen-bond acceptors (Lipinski definition) is 3. The molecule has 0 heterocycles. The Hall–Kier alpha value is -2.55. The van der Waals surface area contributed by atoms with E-state index in [2.05, 4.69) is 10.0 Å². The lowest BCUT2D eigenvalue weighted by Crippen LogP contribution is -2.22. The lowest BCUT2D eigenvalue weighted by molar-refractivity contribution is -0.137. The topological polar surface area (TPSA) is 75.3 Å². The molecule has 2 rings (SSSR count). The highest BCUT2D eigenvalue weighted by Crippen LogP contribution is 2.29. The molecule has 0 spiro atoms. The number of hydrogen-bond donors (Lipinski definition) is 2. The molecule has 0 saturated heterocycles. The molecule has 134 valence electrons. The quantitative estimate of drug-likeness (QED) is 0.847.